The van der Waals surface area contributed by atoms with E-state index in [1.54, 1.807) is 0 Å². The highest BCUT2D eigenvalue weighted by Gasteiger charge is 2.02. The number of nitrogens with zero attached hydrogens (tertiary/aromatic N) is 1. The quantitative estimate of drug-likeness (QED) is 0.787. The second-order valence-electron chi connectivity index (χ2n) is 4.53. The Labute approximate surface area is 103 Å². The summed E-state index contributed by atoms with van der Waals surface area (Å²) in [4.78, 5) is 4.65. The van der Waals surface area contributed by atoms with Crippen molar-refractivity contribution < 1.29 is 0 Å². The van der Waals surface area contributed by atoms with E-state index in [9.17, 15) is 0 Å². The highest BCUT2D eigenvalue weighted by atomic mass is 14.7. The van der Waals surface area contributed by atoms with Crippen LogP contribution in [0.15, 0.2) is 30.3 Å². The number of benzene rings is 1. The first-order valence-corrected chi connectivity index (χ1v) is 6.45. The summed E-state index contributed by atoms with van der Waals surface area (Å²) < 4.78 is 0. The predicted octanol–water partition coefficient (Wildman–Crippen LogP) is 3.94. The summed E-state index contributed by atoms with van der Waals surface area (Å²) in [6.45, 7) is 2.23. The van der Waals surface area contributed by atoms with Crippen LogP contribution < -0.4 is 5.73 Å². The topological polar surface area (TPSA) is 38.9 Å². The van der Waals surface area contributed by atoms with E-state index >= 15 is 0 Å². The van der Waals surface area contributed by atoms with Crippen LogP contribution in [0.2, 0.25) is 0 Å². The Hall–Kier alpha value is -1.57. The smallest absolute Gasteiger partial charge is 0.0725 e. The molecule has 1 heterocycles. The van der Waals surface area contributed by atoms with Crippen molar-refractivity contribution in [2.75, 3.05) is 5.73 Å². The molecule has 2 heteroatoms. The zero-order valence-electron chi connectivity index (χ0n) is 10.4. The number of fused-ring (bicyclic) bond motifs is 1. The largest absolute Gasteiger partial charge is 0.398 e. The van der Waals surface area contributed by atoms with Crippen molar-refractivity contribution in [2.24, 2.45) is 0 Å². The molecule has 0 saturated heterocycles. The average molecular weight is 228 g/mol. The molecule has 2 nitrogen and oxygen atoms in total. The fraction of sp³-hybridized carbons (Fsp3) is 0.400. The van der Waals surface area contributed by atoms with E-state index in [0.29, 0.717) is 0 Å². The first-order chi connectivity index (χ1) is 8.31. The van der Waals surface area contributed by atoms with Gasteiger partial charge >= 0.3 is 0 Å². The highest BCUT2D eigenvalue weighted by molar-refractivity contribution is 5.90. The van der Waals surface area contributed by atoms with Crippen LogP contribution in [0.5, 0.6) is 0 Å². The van der Waals surface area contributed by atoms with Gasteiger partial charge in [0.1, 0.15) is 0 Å². The molecule has 0 unspecified atom stereocenters. The first kappa shape index (κ1) is 11.9. The van der Waals surface area contributed by atoms with Gasteiger partial charge in [0.25, 0.3) is 0 Å². The lowest BCUT2D eigenvalue weighted by atomic mass is 10.1. The van der Waals surface area contributed by atoms with E-state index in [1.165, 1.54) is 25.7 Å². The normalized spacial score (nSPS) is 10.9. The summed E-state index contributed by atoms with van der Waals surface area (Å²) in [5.74, 6) is 0. The maximum atomic E-state index is 6.05. The van der Waals surface area contributed by atoms with Crippen molar-refractivity contribution in [3.05, 3.63) is 36.0 Å². The molecule has 0 radical (unpaired) electrons. The van der Waals surface area contributed by atoms with Crippen LogP contribution in [0.4, 0.5) is 5.69 Å². The molecule has 0 bridgehead atoms. The van der Waals surface area contributed by atoms with Crippen molar-refractivity contribution in [3.8, 4) is 0 Å². The molecule has 0 atom stereocenters. The Bertz CT molecular complexity index is 491. The van der Waals surface area contributed by atoms with Crippen LogP contribution in [0, 0.1) is 0 Å². The molecule has 0 saturated carbocycles. The Morgan fingerprint density at radius 3 is 2.76 bits per heavy atom. The van der Waals surface area contributed by atoms with E-state index in [-0.39, 0.29) is 0 Å². The molecule has 1 aromatic heterocycles. The summed E-state index contributed by atoms with van der Waals surface area (Å²) in [6, 6.07) is 10.1. The molecular formula is C15H20N2. The van der Waals surface area contributed by atoms with Gasteiger partial charge in [-0.1, -0.05) is 44.4 Å². The van der Waals surface area contributed by atoms with Gasteiger partial charge in [-0.2, -0.15) is 0 Å². The molecule has 2 rings (SSSR count). The zero-order chi connectivity index (χ0) is 12.1. The molecule has 0 aliphatic heterocycles. The third-order valence-corrected chi connectivity index (χ3v) is 3.09. The summed E-state index contributed by atoms with van der Waals surface area (Å²) in [7, 11) is 0. The van der Waals surface area contributed by atoms with E-state index < -0.39 is 0 Å². The molecule has 2 N–H and O–H groups in total. The Balaban J connectivity index is 2.13. The number of pyridine rings is 1. The van der Waals surface area contributed by atoms with Gasteiger partial charge in [0.05, 0.1) is 5.52 Å². The van der Waals surface area contributed by atoms with Gasteiger partial charge in [-0.25, -0.2) is 0 Å². The number of hydrogen-bond acceptors (Lipinski definition) is 2. The number of aromatic nitrogens is 1. The van der Waals surface area contributed by atoms with E-state index in [4.69, 9.17) is 5.73 Å². The summed E-state index contributed by atoms with van der Waals surface area (Å²) in [5, 5.41) is 1.06. The maximum Gasteiger partial charge on any atom is 0.0725 e. The van der Waals surface area contributed by atoms with E-state index in [0.717, 1.165) is 28.7 Å². The number of anilines is 1. The van der Waals surface area contributed by atoms with Gasteiger partial charge < -0.3 is 5.73 Å². The van der Waals surface area contributed by atoms with Crippen molar-refractivity contribution in [3.63, 3.8) is 0 Å². The van der Waals surface area contributed by atoms with Crippen molar-refractivity contribution in [2.45, 2.75) is 39.0 Å². The molecule has 0 aliphatic rings. The summed E-state index contributed by atoms with van der Waals surface area (Å²) in [5.41, 5.74) is 9.03. The Morgan fingerprint density at radius 2 is 1.94 bits per heavy atom. The third-order valence-electron chi connectivity index (χ3n) is 3.09. The zero-order valence-corrected chi connectivity index (χ0v) is 10.4. The fourth-order valence-corrected chi connectivity index (χ4v) is 2.12. The lowest BCUT2D eigenvalue weighted by molar-refractivity contribution is 0.661. The van der Waals surface area contributed by atoms with Crippen LogP contribution >= 0.6 is 0 Å². The number of para-hydroxylation sites is 1. The van der Waals surface area contributed by atoms with Crippen LogP contribution in [-0.2, 0) is 6.42 Å². The fourth-order valence-electron chi connectivity index (χ4n) is 2.12. The minimum Gasteiger partial charge on any atom is -0.398 e. The SMILES string of the molecule is CCCCCCc1cc(N)c2ccccc2n1. The highest BCUT2D eigenvalue weighted by Crippen LogP contribution is 2.21. The van der Waals surface area contributed by atoms with Crippen LogP contribution in [-0.4, -0.2) is 4.98 Å². The van der Waals surface area contributed by atoms with Crippen molar-refractivity contribution in [1.82, 2.24) is 4.98 Å². The molecule has 2 aromatic rings. The second kappa shape index (κ2) is 5.67. The predicted molar refractivity (Wildman–Crippen MR) is 74.0 cm³/mol. The first-order valence-electron chi connectivity index (χ1n) is 6.45. The van der Waals surface area contributed by atoms with Gasteiger partial charge in [-0.05, 0) is 25.0 Å². The molecule has 0 amide bonds. The van der Waals surface area contributed by atoms with E-state index in [1.807, 2.05) is 30.3 Å². The van der Waals surface area contributed by atoms with Crippen LogP contribution in [0.25, 0.3) is 10.9 Å². The van der Waals surface area contributed by atoms with Gasteiger partial charge in [-0.15, -0.1) is 0 Å². The lowest BCUT2D eigenvalue weighted by Gasteiger charge is -2.06. The second-order valence-corrected chi connectivity index (χ2v) is 4.53. The summed E-state index contributed by atoms with van der Waals surface area (Å²) in [6.07, 6.45) is 6.11. The van der Waals surface area contributed by atoms with Gasteiger partial charge in [-0.3, -0.25) is 4.98 Å². The molecule has 0 spiro atoms. The standard InChI is InChI=1S/C15H20N2/c1-2-3-4-5-8-12-11-14(16)13-9-6-7-10-15(13)17-12/h6-7,9-11H,2-5,8H2,1H3,(H2,16,17). The monoisotopic (exact) mass is 228 g/mol. The van der Waals surface area contributed by atoms with Crippen LogP contribution in [0.3, 0.4) is 0 Å². The lowest BCUT2D eigenvalue weighted by Crippen LogP contribution is -1.96. The summed E-state index contributed by atoms with van der Waals surface area (Å²) >= 11 is 0. The number of rotatable bonds is 5. The number of hydrogen-bond donors (Lipinski definition) is 1. The molecule has 17 heavy (non-hydrogen) atoms. The minimum absolute atomic E-state index is 0.848. The molecule has 90 valence electrons. The van der Waals surface area contributed by atoms with E-state index in [2.05, 4.69) is 11.9 Å². The number of nitrogen functional groups attached to an aromatic ring is 1. The average Bonchev–Trinajstić information content (AvgIpc) is 2.35. The molecule has 0 fully saturated rings. The van der Waals surface area contributed by atoms with Gasteiger partial charge in [0.2, 0.25) is 0 Å². The van der Waals surface area contributed by atoms with Crippen LogP contribution in [0.1, 0.15) is 38.3 Å². The number of aryl methyl sites for hydroxylation is 1. The third kappa shape index (κ3) is 2.96. The Morgan fingerprint density at radius 1 is 1.12 bits per heavy atom. The molecular weight excluding hydrogens is 208 g/mol. The van der Waals surface area contributed by atoms with Gasteiger partial charge in [0.15, 0.2) is 0 Å². The molecule has 0 aliphatic carbocycles. The van der Waals surface area contributed by atoms with Gasteiger partial charge in [0, 0.05) is 16.8 Å². The number of unbranched alkanes of at least 4 members (excludes halogenated alkanes) is 3. The van der Waals surface area contributed by atoms with Crippen molar-refractivity contribution >= 4 is 16.6 Å². The van der Waals surface area contributed by atoms with Crippen molar-refractivity contribution in [1.29, 1.82) is 0 Å². The Kier molecular flexibility index (Phi) is 3.97. The number of nitrogens with two attached hydrogens (primary N) is 1. The minimum atomic E-state index is 0.848. The maximum absolute atomic E-state index is 6.05. The molecule has 1 aromatic carbocycles.